The molecular formula is C18H14ClF2NO4. The summed E-state index contributed by atoms with van der Waals surface area (Å²) in [6.07, 6.45) is 0.380. The normalized spacial score (nSPS) is 15.6. The number of hydrogen-bond acceptors (Lipinski definition) is 4. The third-order valence-electron chi connectivity index (χ3n) is 3.75. The zero-order valence-corrected chi connectivity index (χ0v) is 14.2. The van der Waals surface area contributed by atoms with Gasteiger partial charge in [0.2, 0.25) is 0 Å². The molecule has 5 nitrogen and oxygen atoms in total. The van der Waals surface area contributed by atoms with Gasteiger partial charge in [-0.05, 0) is 42.3 Å². The molecule has 0 spiro atoms. The number of amides is 1. The summed E-state index contributed by atoms with van der Waals surface area (Å²) in [5, 5.41) is 2.79. The van der Waals surface area contributed by atoms with E-state index in [2.05, 4.69) is 5.32 Å². The molecule has 0 aliphatic carbocycles. The standard InChI is InChI=1S/C18H14ClF2NO4/c19-12-1-2-16-10(4-12)3-11(8-25-16)18(24)26-9-17(23)22-15-6-13(20)5-14(21)7-15/h1-2,4-7,11H,3,8-9H2,(H,22,23). The number of halogens is 3. The van der Waals surface area contributed by atoms with E-state index in [1.165, 1.54) is 0 Å². The highest BCUT2D eigenvalue weighted by Gasteiger charge is 2.28. The maximum Gasteiger partial charge on any atom is 0.313 e. The second-order valence-corrected chi connectivity index (χ2v) is 6.21. The predicted molar refractivity (Wildman–Crippen MR) is 90.1 cm³/mol. The zero-order chi connectivity index (χ0) is 18.7. The van der Waals surface area contributed by atoms with Gasteiger partial charge in [0.05, 0.1) is 5.92 Å². The van der Waals surface area contributed by atoms with Crippen LogP contribution in [0.25, 0.3) is 0 Å². The first kappa shape index (κ1) is 18.1. The summed E-state index contributed by atoms with van der Waals surface area (Å²) < 4.78 is 36.6. The Morgan fingerprint density at radius 2 is 1.92 bits per heavy atom. The first-order chi connectivity index (χ1) is 12.4. The van der Waals surface area contributed by atoms with Gasteiger partial charge in [0.15, 0.2) is 6.61 Å². The molecule has 0 bridgehead atoms. The van der Waals surface area contributed by atoms with Gasteiger partial charge in [0.25, 0.3) is 5.91 Å². The fourth-order valence-electron chi connectivity index (χ4n) is 2.59. The lowest BCUT2D eigenvalue weighted by molar-refractivity contribution is -0.152. The van der Waals surface area contributed by atoms with Gasteiger partial charge >= 0.3 is 5.97 Å². The van der Waals surface area contributed by atoms with Crippen molar-refractivity contribution in [3.05, 3.63) is 58.6 Å². The summed E-state index contributed by atoms with van der Waals surface area (Å²) in [5.41, 5.74) is 0.721. The lowest BCUT2D eigenvalue weighted by Gasteiger charge is -2.24. The smallest absolute Gasteiger partial charge is 0.313 e. The molecule has 0 saturated heterocycles. The van der Waals surface area contributed by atoms with Crippen LogP contribution in [-0.4, -0.2) is 25.1 Å². The predicted octanol–water partition coefficient (Wildman–Crippen LogP) is 3.35. The molecule has 1 amide bonds. The number of anilines is 1. The van der Waals surface area contributed by atoms with Gasteiger partial charge in [-0.2, -0.15) is 0 Å². The number of hydrogen-bond donors (Lipinski definition) is 1. The Bertz CT molecular complexity index is 839. The minimum Gasteiger partial charge on any atom is -0.492 e. The molecule has 0 aromatic heterocycles. The Labute approximate surface area is 152 Å². The Hall–Kier alpha value is -2.67. The monoisotopic (exact) mass is 381 g/mol. The second kappa shape index (κ2) is 7.70. The summed E-state index contributed by atoms with van der Waals surface area (Å²) >= 11 is 5.93. The summed E-state index contributed by atoms with van der Waals surface area (Å²) in [6, 6.07) is 7.73. The van der Waals surface area contributed by atoms with Gasteiger partial charge in [-0.1, -0.05) is 11.6 Å². The third kappa shape index (κ3) is 4.49. The van der Waals surface area contributed by atoms with E-state index < -0.39 is 36.0 Å². The summed E-state index contributed by atoms with van der Waals surface area (Å²) in [4.78, 5) is 23.9. The number of rotatable bonds is 4. The fourth-order valence-corrected chi connectivity index (χ4v) is 2.79. The molecule has 26 heavy (non-hydrogen) atoms. The summed E-state index contributed by atoms with van der Waals surface area (Å²) in [5.74, 6) is -2.87. The van der Waals surface area contributed by atoms with E-state index >= 15 is 0 Å². The first-order valence-corrected chi connectivity index (χ1v) is 8.12. The maximum absolute atomic E-state index is 13.1. The topological polar surface area (TPSA) is 64.6 Å². The van der Waals surface area contributed by atoms with E-state index in [0.717, 1.165) is 17.7 Å². The van der Waals surface area contributed by atoms with Crippen molar-refractivity contribution < 1.29 is 27.8 Å². The Morgan fingerprint density at radius 1 is 1.19 bits per heavy atom. The van der Waals surface area contributed by atoms with E-state index in [0.29, 0.717) is 23.3 Å². The molecule has 1 atom stereocenters. The van der Waals surface area contributed by atoms with Crippen molar-refractivity contribution in [1.82, 2.24) is 0 Å². The minimum atomic E-state index is -0.825. The van der Waals surface area contributed by atoms with Crippen LogP contribution in [-0.2, 0) is 20.7 Å². The number of nitrogens with one attached hydrogen (secondary N) is 1. The van der Waals surface area contributed by atoms with Crippen LogP contribution in [0.1, 0.15) is 5.56 Å². The van der Waals surface area contributed by atoms with Crippen LogP contribution < -0.4 is 10.1 Å². The van der Waals surface area contributed by atoms with Crippen molar-refractivity contribution >= 4 is 29.2 Å². The maximum atomic E-state index is 13.1. The average molecular weight is 382 g/mol. The van der Waals surface area contributed by atoms with Gasteiger partial charge in [-0.15, -0.1) is 0 Å². The Balaban J connectivity index is 1.53. The molecule has 8 heteroatoms. The molecule has 1 heterocycles. The third-order valence-corrected chi connectivity index (χ3v) is 3.99. The first-order valence-electron chi connectivity index (χ1n) is 7.74. The van der Waals surface area contributed by atoms with E-state index in [1.54, 1.807) is 18.2 Å². The molecule has 0 fully saturated rings. The molecule has 1 aliphatic rings. The van der Waals surface area contributed by atoms with Gasteiger partial charge in [-0.25, -0.2) is 8.78 Å². The molecule has 2 aromatic carbocycles. The minimum absolute atomic E-state index is 0.0619. The number of carbonyl (C=O) groups excluding carboxylic acids is 2. The second-order valence-electron chi connectivity index (χ2n) is 5.78. The highest BCUT2D eigenvalue weighted by atomic mass is 35.5. The van der Waals surface area contributed by atoms with Crippen molar-refractivity contribution in [2.24, 2.45) is 5.92 Å². The van der Waals surface area contributed by atoms with Crippen molar-refractivity contribution in [2.75, 3.05) is 18.5 Å². The molecule has 1 unspecified atom stereocenters. The van der Waals surface area contributed by atoms with E-state index in [4.69, 9.17) is 21.1 Å². The molecule has 136 valence electrons. The van der Waals surface area contributed by atoms with Crippen molar-refractivity contribution in [3.63, 3.8) is 0 Å². The lowest BCUT2D eigenvalue weighted by atomic mass is 9.97. The van der Waals surface area contributed by atoms with Crippen LogP contribution in [0.4, 0.5) is 14.5 Å². The van der Waals surface area contributed by atoms with E-state index in [1.807, 2.05) is 0 Å². The molecule has 1 N–H and O–H groups in total. The van der Waals surface area contributed by atoms with Crippen LogP contribution >= 0.6 is 11.6 Å². The molecular weight excluding hydrogens is 368 g/mol. The van der Waals surface area contributed by atoms with Crippen LogP contribution in [0, 0.1) is 17.6 Å². The number of fused-ring (bicyclic) bond motifs is 1. The fraction of sp³-hybridized carbons (Fsp3) is 0.222. The van der Waals surface area contributed by atoms with E-state index in [9.17, 15) is 18.4 Å². The van der Waals surface area contributed by atoms with Gasteiger partial charge in [0.1, 0.15) is 24.0 Å². The van der Waals surface area contributed by atoms with Crippen LogP contribution in [0.2, 0.25) is 5.02 Å². The largest absolute Gasteiger partial charge is 0.492 e. The Kier molecular flexibility index (Phi) is 5.37. The number of carbonyl (C=O) groups is 2. The highest BCUT2D eigenvalue weighted by molar-refractivity contribution is 6.30. The van der Waals surface area contributed by atoms with Gasteiger partial charge in [0, 0.05) is 16.8 Å². The summed E-state index contributed by atoms with van der Waals surface area (Å²) in [6.45, 7) is -0.444. The van der Waals surface area contributed by atoms with E-state index in [-0.39, 0.29) is 12.3 Å². The Morgan fingerprint density at radius 3 is 2.65 bits per heavy atom. The van der Waals surface area contributed by atoms with Gasteiger partial charge < -0.3 is 14.8 Å². The van der Waals surface area contributed by atoms with Crippen molar-refractivity contribution in [2.45, 2.75) is 6.42 Å². The van der Waals surface area contributed by atoms with Crippen LogP contribution in [0.15, 0.2) is 36.4 Å². The van der Waals surface area contributed by atoms with Crippen LogP contribution in [0.5, 0.6) is 5.75 Å². The quantitative estimate of drug-likeness (QED) is 0.825. The van der Waals surface area contributed by atoms with Crippen LogP contribution in [0.3, 0.4) is 0 Å². The number of benzene rings is 2. The number of esters is 1. The summed E-state index contributed by atoms with van der Waals surface area (Å²) in [7, 11) is 0. The molecule has 0 radical (unpaired) electrons. The molecule has 2 aromatic rings. The number of ether oxygens (including phenoxy) is 2. The lowest BCUT2D eigenvalue weighted by Crippen LogP contribution is -2.32. The molecule has 0 saturated carbocycles. The van der Waals surface area contributed by atoms with Crippen molar-refractivity contribution in [3.8, 4) is 5.75 Å². The highest BCUT2D eigenvalue weighted by Crippen LogP contribution is 2.30. The molecule has 3 rings (SSSR count). The SMILES string of the molecule is O=C(COC(=O)C1COc2ccc(Cl)cc2C1)Nc1cc(F)cc(F)c1. The molecule has 1 aliphatic heterocycles. The average Bonchev–Trinajstić information content (AvgIpc) is 2.58. The van der Waals surface area contributed by atoms with Gasteiger partial charge in [-0.3, -0.25) is 9.59 Å². The zero-order valence-electron chi connectivity index (χ0n) is 13.4. The van der Waals surface area contributed by atoms with Crippen molar-refractivity contribution in [1.29, 1.82) is 0 Å².